The first-order valence-electron chi connectivity index (χ1n) is 4.67. The Morgan fingerprint density at radius 3 is 2.35 bits per heavy atom. The number of nitriles is 1. The standard InChI is InChI=1S/C11H11NO3S2/c1-10(14,16)11(17,7-12)15-9(13)8-5-3-2-4-6-8/h2-6,14,16-17H,1H3. The van der Waals surface area contributed by atoms with Crippen LogP contribution in [-0.2, 0) is 4.74 Å². The number of aliphatic hydroxyl groups is 1. The zero-order chi connectivity index (χ0) is 13.1. The van der Waals surface area contributed by atoms with Crippen LogP contribution in [0.2, 0.25) is 0 Å². The van der Waals surface area contributed by atoms with Crippen molar-refractivity contribution in [3.05, 3.63) is 35.9 Å². The van der Waals surface area contributed by atoms with E-state index < -0.39 is 15.8 Å². The number of esters is 1. The van der Waals surface area contributed by atoms with E-state index in [4.69, 9.17) is 10.00 Å². The van der Waals surface area contributed by atoms with Gasteiger partial charge in [-0.15, -0.1) is 25.3 Å². The van der Waals surface area contributed by atoms with Crippen LogP contribution >= 0.6 is 25.3 Å². The van der Waals surface area contributed by atoms with Crippen molar-refractivity contribution >= 4 is 31.2 Å². The van der Waals surface area contributed by atoms with Gasteiger partial charge in [0.2, 0.25) is 0 Å². The third kappa shape index (κ3) is 3.16. The Morgan fingerprint density at radius 2 is 1.94 bits per heavy atom. The van der Waals surface area contributed by atoms with E-state index in [1.54, 1.807) is 24.3 Å². The summed E-state index contributed by atoms with van der Waals surface area (Å²) in [6.45, 7) is 1.21. The van der Waals surface area contributed by atoms with Gasteiger partial charge >= 0.3 is 5.97 Å². The first-order valence-corrected chi connectivity index (χ1v) is 5.56. The molecule has 90 valence electrons. The molecule has 0 aliphatic carbocycles. The van der Waals surface area contributed by atoms with Crippen molar-refractivity contribution in [2.75, 3.05) is 0 Å². The van der Waals surface area contributed by atoms with Crippen LogP contribution in [0.4, 0.5) is 0 Å². The highest BCUT2D eigenvalue weighted by molar-refractivity contribution is 7.86. The number of ether oxygens (including phenoxy) is 1. The molecule has 2 unspecified atom stereocenters. The van der Waals surface area contributed by atoms with Crippen molar-refractivity contribution in [1.29, 1.82) is 5.26 Å². The quantitative estimate of drug-likeness (QED) is 0.443. The van der Waals surface area contributed by atoms with Crippen molar-refractivity contribution in [3.63, 3.8) is 0 Å². The number of carbonyl (C=O) groups is 1. The molecule has 1 N–H and O–H groups in total. The molecule has 0 heterocycles. The third-order valence-corrected chi connectivity index (χ3v) is 3.16. The summed E-state index contributed by atoms with van der Waals surface area (Å²) in [5.41, 5.74) is 0.263. The summed E-state index contributed by atoms with van der Waals surface area (Å²) < 4.78 is 4.88. The van der Waals surface area contributed by atoms with Crippen LogP contribution in [0, 0.1) is 11.3 Å². The van der Waals surface area contributed by atoms with Crippen LogP contribution in [0.3, 0.4) is 0 Å². The molecule has 1 aromatic carbocycles. The van der Waals surface area contributed by atoms with E-state index >= 15 is 0 Å². The highest BCUT2D eigenvalue weighted by atomic mass is 32.1. The molecule has 0 aromatic heterocycles. The molecule has 0 amide bonds. The van der Waals surface area contributed by atoms with Gasteiger partial charge < -0.3 is 9.84 Å². The molecule has 6 heteroatoms. The first-order chi connectivity index (χ1) is 7.80. The minimum absolute atomic E-state index is 0.263. The Kier molecular flexibility index (Phi) is 4.09. The molecule has 2 atom stereocenters. The van der Waals surface area contributed by atoms with E-state index in [-0.39, 0.29) is 5.56 Å². The number of nitrogens with zero attached hydrogens (tertiary/aromatic N) is 1. The lowest BCUT2D eigenvalue weighted by atomic mass is 10.2. The van der Waals surface area contributed by atoms with Crippen LogP contribution in [0.1, 0.15) is 17.3 Å². The highest BCUT2D eigenvalue weighted by Gasteiger charge is 2.46. The lowest BCUT2D eigenvalue weighted by molar-refractivity contribution is -0.0183. The smallest absolute Gasteiger partial charge is 0.340 e. The van der Waals surface area contributed by atoms with Crippen molar-refractivity contribution < 1.29 is 14.6 Å². The van der Waals surface area contributed by atoms with Crippen LogP contribution < -0.4 is 0 Å². The van der Waals surface area contributed by atoms with Gasteiger partial charge in [-0.1, -0.05) is 18.2 Å². The lowest BCUT2D eigenvalue weighted by Gasteiger charge is -2.31. The molecule has 0 aliphatic heterocycles. The summed E-state index contributed by atoms with van der Waals surface area (Å²) in [4.78, 5) is 7.79. The molecule has 4 nitrogen and oxygen atoms in total. The summed E-state index contributed by atoms with van der Waals surface area (Å²) in [5, 5.41) is 18.5. The number of hydrogen-bond donors (Lipinski definition) is 3. The molecule has 0 saturated carbocycles. The number of benzene rings is 1. The second-order valence-electron chi connectivity index (χ2n) is 3.53. The van der Waals surface area contributed by atoms with E-state index in [2.05, 4.69) is 25.3 Å². The van der Waals surface area contributed by atoms with Gasteiger partial charge in [0.15, 0.2) is 4.93 Å². The monoisotopic (exact) mass is 269 g/mol. The lowest BCUT2D eigenvalue weighted by Crippen LogP contribution is -2.46. The number of rotatable bonds is 3. The molecular weight excluding hydrogens is 258 g/mol. The summed E-state index contributed by atoms with van der Waals surface area (Å²) in [5.74, 6) is -0.753. The van der Waals surface area contributed by atoms with Gasteiger partial charge in [-0.25, -0.2) is 4.79 Å². The molecule has 0 aliphatic rings. The molecular formula is C11H11NO3S2. The van der Waals surface area contributed by atoms with Crippen molar-refractivity contribution in [2.45, 2.75) is 16.8 Å². The van der Waals surface area contributed by atoms with E-state index in [9.17, 15) is 9.90 Å². The van der Waals surface area contributed by atoms with Gasteiger partial charge in [0.05, 0.1) is 5.56 Å². The fourth-order valence-corrected chi connectivity index (χ4v) is 1.17. The Morgan fingerprint density at radius 1 is 1.41 bits per heavy atom. The maximum absolute atomic E-state index is 11.7. The Hall–Kier alpha value is -1.16. The third-order valence-electron chi connectivity index (χ3n) is 2.04. The molecule has 0 saturated heterocycles. The van der Waals surface area contributed by atoms with Crippen LogP contribution in [0.25, 0.3) is 0 Å². The van der Waals surface area contributed by atoms with E-state index in [1.165, 1.54) is 19.1 Å². The van der Waals surface area contributed by atoms with Crippen molar-refractivity contribution in [3.8, 4) is 6.07 Å². The van der Waals surface area contributed by atoms with Gasteiger partial charge in [-0.3, -0.25) is 0 Å². The van der Waals surface area contributed by atoms with E-state index in [1.807, 2.05) is 0 Å². The minimum atomic E-state index is -2.02. The van der Waals surface area contributed by atoms with Crippen LogP contribution in [0.5, 0.6) is 0 Å². The normalized spacial score (nSPS) is 17.4. The topological polar surface area (TPSA) is 70.3 Å². The molecule has 0 fully saturated rings. The van der Waals surface area contributed by atoms with Gasteiger partial charge in [0.25, 0.3) is 4.93 Å². The molecule has 0 bridgehead atoms. The van der Waals surface area contributed by atoms with Crippen LogP contribution in [-0.4, -0.2) is 20.9 Å². The van der Waals surface area contributed by atoms with Crippen molar-refractivity contribution in [1.82, 2.24) is 0 Å². The zero-order valence-electron chi connectivity index (χ0n) is 8.99. The largest absolute Gasteiger partial charge is 0.426 e. The van der Waals surface area contributed by atoms with Crippen molar-refractivity contribution in [2.24, 2.45) is 0 Å². The summed E-state index contributed by atoms with van der Waals surface area (Å²) >= 11 is 7.64. The SMILES string of the molecule is CC(O)(S)C(S)(C#N)OC(=O)c1ccccc1. The fourth-order valence-electron chi connectivity index (χ4n) is 0.993. The minimum Gasteiger partial charge on any atom is -0.426 e. The maximum Gasteiger partial charge on any atom is 0.340 e. The fraction of sp³-hybridized carbons (Fsp3) is 0.273. The zero-order valence-corrected chi connectivity index (χ0v) is 10.8. The summed E-state index contributed by atoms with van der Waals surface area (Å²) in [6, 6.07) is 9.72. The Labute approximate surface area is 110 Å². The van der Waals surface area contributed by atoms with E-state index in [0.29, 0.717) is 0 Å². The van der Waals surface area contributed by atoms with Gasteiger partial charge in [-0.2, -0.15) is 5.26 Å². The Balaban J connectivity index is 2.93. The average Bonchev–Trinajstić information content (AvgIpc) is 2.28. The number of hydrogen-bond acceptors (Lipinski definition) is 6. The summed E-state index contributed by atoms with van der Waals surface area (Å²) in [7, 11) is 0. The average molecular weight is 269 g/mol. The summed E-state index contributed by atoms with van der Waals surface area (Å²) in [6.07, 6.45) is 0. The molecule has 0 radical (unpaired) electrons. The predicted octanol–water partition coefficient (Wildman–Crippen LogP) is 1.63. The molecule has 1 rings (SSSR count). The second-order valence-corrected chi connectivity index (χ2v) is 5.03. The molecule has 17 heavy (non-hydrogen) atoms. The second kappa shape index (κ2) is 5.00. The number of thiol groups is 2. The first kappa shape index (κ1) is 13.9. The highest BCUT2D eigenvalue weighted by Crippen LogP contribution is 2.33. The molecule has 1 aromatic rings. The van der Waals surface area contributed by atoms with Gasteiger partial charge in [0.1, 0.15) is 6.07 Å². The van der Waals surface area contributed by atoms with Gasteiger partial charge in [0, 0.05) is 0 Å². The Bertz CT molecular complexity index is 450. The predicted molar refractivity (Wildman–Crippen MR) is 68.8 cm³/mol. The van der Waals surface area contributed by atoms with Gasteiger partial charge in [-0.05, 0) is 19.1 Å². The molecule has 0 spiro atoms. The van der Waals surface area contributed by atoms with E-state index in [0.717, 1.165) is 0 Å². The van der Waals surface area contributed by atoms with Crippen LogP contribution in [0.15, 0.2) is 30.3 Å². The number of carbonyl (C=O) groups excluding carboxylic acids is 1. The maximum atomic E-state index is 11.7.